The molecule has 3 N–H and O–H groups in total. The van der Waals surface area contributed by atoms with Crippen LogP contribution >= 0.6 is 11.6 Å². The summed E-state index contributed by atoms with van der Waals surface area (Å²) in [5, 5.41) is 0. The van der Waals surface area contributed by atoms with Crippen LogP contribution in [0.2, 0.25) is 0 Å². The smallest absolute Gasteiger partial charge is 0.180 e. The van der Waals surface area contributed by atoms with E-state index < -0.39 is 0 Å². The number of hydrogen-bond donors (Lipinski definition) is 2. The Morgan fingerprint density at radius 3 is 2.74 bits per heavy atom. The number of aromatic nitrogens is 3. The second kappa shape index (κ2) is 8.12. The summed E-state index contributed by atoms with van der Waals surface area (Å²) in [6, 6.07) is 7.84. The van der Waals surface area contributed by atoms with Gasteiger partial charge in [-0.15, -0.1) is 11.6 Å². The number of nitrogens with zero attached hydrogens (tertiary/aromatic N) is 3. The molecule has 1 aromatic carbocycles. The van der Waals surface area contributed by atoms with Gasteiger partial charge in [0.2, 0.25) is 0 Å². The normalized spacial score (nSPS) is 15.3. The zero-order valence-corrected chi connectivity index (χ0v) is 15.7. The Labute approximate surface area is 162 Å². The summed E-state index contributed by atoms with van der Waals surface area (Å²) in [7, 11) is 0. The molecule has 0 saturated carbocycles. The van der Waals surface area contributed by atoms with Crippen LogP contribution in [0.4, 0.5) is 5.69 Å². The van der Waals surface area contributed by atoms with Crippen molar-refractivity contribution < 1.29 is 9.47 Å². The molecule has 27 heavy (non-hydrogen) atoms. The Kier molecular flexibility index (Phi) is 5.42. The van der Waals surface area contributed by atoms with Crippen molar-refractivity contribution in [3.05, 3.63) is 36.0 Å². The highest BCUT2D eigenvalue weighted by molar-refractivity contribution is 6.17. The minimum Gasteiger partial charge on any atom is -0.492 e. The average molecular weight is 388 g/mol. The fourth-order valence-corrected chi connectivity index (χ4v) is 3.30. The maximum absolute atomic E-state index is 6.13. The van der Waals surface area contributed by atoms with Crippen LogP contribution in [0.1, 0.15) is 5.56 Å². The minimum atomic E-state index is 0.319. The van der Waals surface area contributed by atoms with Gasteiger partial charge >= 0.3 is 0 Å². The van der Waals surface area contributed by atoms with Gasteiger partial charge in [-0.3, -0.25) is 4.90 Å². The number of rotatable bonds is 6. The van der Waals surface area contributed by atoms with Gasteiger partial charge in [0.1, 0.15) is 23.7 Å². The Hall–Kier alpha value is -2.35. The Morgan fingerprint density at radius 2 is 2.00 bits per heavy atom. The molecule has 0 amide bonds. The second-order valence-corrected chi connectivity index (χ2v) is 6.71. The van der Waals surface area contributed by atoms with Crippen molar-refractivity contribution in [2.24, 2.45) is 0 Å². The number of nitrogen functional groups attached to an aromatic ring is 1. The first-order valence-electron chi connectivity index (χ1n) is 8.97. The summed E-state index contributed by atoms with van der Waals surface area (Å²) in [6.07, 6.45) is 1.67. The maximum atomic E-state index is 6.13. The van der Waals surface area contributed by atoms with Crippen molar-refractivity contribution in [2.45, 2.75) is 5.88 Å². The first-order chi connectivity index (χ1) is 13.2. The SMILES string of the molecule is Nc1c(CCl)cnc2nc(-c3ccc(OCCN4CCOCC4)cc3)[nH]c12. The number of benzene rings is 1. The predicted octanol–water partition coefficient (Wildman–Crippen LogP) is 2.66. The van der Waals surface area contributed by atoms with Gasteiger partial charge in [-0.25, -0.2) is 9.97 Å². The number of hydrogen-bond acceptors (Lipinski definition) is 6. The van der Waals surface area contributed by atoms with Crippen molar-refractivity contribution >= 4 is 28.5 Å². The van der Waals surface area contributed by atoms with Gasteiger partial charge < -0.3 is 20.2 Å². The van der Waals surface area contributed by atoms with Gasteiger partial charge in [0.15, 0.2) is 5.65 Å². The van der Waals surface area contributed by atoms with E-state index in [1.54, 1.807) is 6.20 Å². The van der Waals surface area contributed by atoms with E-state index in [1.165, 1.54) is 0 Å². The number of imidazole rings is 1. The second-order valence-electron chi connectivity index (χ2n) is 6.44. The van der Waals surface area contributed by atoms with E-state index in [1.807, 2.05) is 24.3 Å². The van der Waals surface area contributed by atoms with Crippen LogP contribution in [-0.4, -0.2) is 59.3 Å². The van der Waals surface area contributed by atoms with E-state index in [0.717, 1.165) is 55.5 Å². The number of anilines is 1. The quantitative estimate of drug-likeness (QED) is 0.632. The number of pyridine rings is 1. The molecule has 1 fully saturated rings. The van der Waals surface area contributed by atoms with Crippen LogP contribution in [0.15, 0.2) is 30.5 Å². The molecule has 4 rings (SSSR count). The standard InChI is InChI=1S/C19H22ClN5O2/c20-11-14-12-22-19-17(16(14)21)23-18(24-19)13-1-3-15(4-2-13)27-10-7-25-5-8-26-9-6-25/h1-4,12H,5-11H2,(H3,21,22,23,24). The molecule has 0 bridgehead atoms. The monoisotopic (exact) mass is 387 g/mol. The highest BCUT2D eigenvalue weighted by Crippen LogP contribution is 2.27. The molecular weight excluding hydrogens is 366 g/mol. The van der Waals surface area contributed by atoms with Gasteiger partial charge in [0.05, 0.1) is 24.8 Å². The van der Waals surface area contributed by atoms with Crippen molar-refractivity contribution in [3.63, 3.8) is 0 Å². The van der Waals surface area contributed by atoms with Crippen LogP contribution in [0.5, 0.6) is 5.75 Å². The van der Waals surface area contributed by atoms with E-state index in [4.69, 9.17) is 26.8 Å². The summed E-state index contributed by atoms with van der Waals surface area (Å²) < 4.78 is 11.2. The van der Waals surface area contributed by atoms with E-state index in [0.29, 0.717) is 29.3 Å². The summed E-state index contributed by atoms with van der Waals surface area (Å²) in [6.45, 7) is 5.11. The molecule has 0 atom stereocenters. The number of ether oxygens (including phenoxy) is 2. The van der Waals surface area contributed by atoms with E-state index in [2.05, 4.69) is 19.9 Å². The van der Waals surface area contributed by atoms with Gasteiger partial charge in [-0.05, 0) is 24.3 Å². The van der Waals surface area contributed by atoms with E-state index in [9.17, 15) is 0 Å². The first-order valence-corrected chi connectivity index (χ1v) is 9.50. The van der Waals surface area contributed by atoms with Crippen molar-refractivity contribution in [3.8, 4) is 17.1 Å². The van der Waals surface area contributed by atoms with Crippen LogP contribution in [0.25, 0.3) is 22.6 Å². The highest BCUT2D eigenvalue weighted by Gasteiger charge is 2.12. The fourth-order valence-electron chi connectivity index (χ4n) is 3.08. The number of morpholine rings is 1. The van der Waals surface area contributed by atoms with Crippen molar-refractivity contribution in [2.75, 3.05) is 45.2 Å². The molecule has 0 aliphatic carbocycles. The minimum absolute atomic E-state index is 0.319. The molecule has 1 aliphatic rings. The fraction of sp³-hybridized carbons (Fsp3) is 0.368. The third-order valence-electron chi connectivity index (χ3n) is 4.69. The number of nitrogens with one attached hydrogen (secondary N) is 1. The lowest BCUT2D eigenvalue weighted by molar-refractivity contribution is 0.0322. The largest absolute Gasteiger partial charge is 0.492 e. The number of halogens is 1. The summed E-state index contributed by atoms with van der Waals surface area (Å²) in [5.74, 6) is 1.88. The first kappa shape index (κ1) is 18.0. The Balaban J connectivity index is 1.42. The van der Waals surface area contributed by atoms with Crippen LogP contribution in [0.3, 0.4) is 0 Å². The summed E-state index contributed by atoms with van der Waals surface area (Å²) in [5.41, 5.74) is 9.77. The van der Waals surface area contributed by atoms with E-state index in [-0.39, 0.29) is 0 Å². The molecule has 0 spiro atoms. The van der Waals surface area contributed by atoms with Crippen molar-refractivity contribution in [1.29, 1.82) is 0 Å². The van der Waals surface area contributed by atoms with Gasteiger partial charge in [0.25, 0.3) is 0 Å². The zero-order chi connectivity index (χ0) is 18.6. The van der Waals surface area contributed by atoms with Gasteiger partial charge in [-0.1, -0.05) is 0 Å². The molecule has 0 unspecified atom stereocenters. The lowest BCUT2D eigenvalue weighted by atomic mass is 10.2. The number of nitrogens with two attached hydrogens (primary N) is 1. The van der Waals surface area contributed by atoms with Crippen LogP contribution in [0, 0.1) is 0 Å². The van der Waals surface area contributed by atoms with Crippen molar-refractivity contribution in [1.82, 2.24) is 19.9 Å². The van der Waals surface area contributed by atoms with Crippen LogP contribution < -0.4 is 10.5 Å². The number of fused-ring (bicyclic) bond motifs is 1. The number of H-pyrrole nitrogens is 1. The third-order valence-corrected chi connectivity index (χ3v) is 4.98. The molecule has 1 aliphatic heterocycles. The topological polar surface area (TPSA) is 89.3 Å². The molecule has 8 heteroatoms. The molecule has 1 saturated heterocycles. The van der Waals surface area contributed by atoms with E-state index >= 15 is 0 Å². The number of aromatic amines is 1. The molecule has 142 valence electrons. The molecule has 3 heterocycles. The molecule has 2 aromatic heterocycles. The van der Waals surface area contributed by atoms with Crippen LogP contribution in [-0.2, 0) is 10.6 Å². The highest BCUT2D eigenvalue weighted by atomic mass is 35.5. The maximum Gasteiger partial charge on any atom is 0.180 e. The summed E-state index contributed by atoms with van der Waals surface area (Å²) in [4.78, 5) is 14.4. The van der Waals surface area contributed by atoms with Gasteiger partial charge in [-0.2, -0.15) is 0 Å². The Bertz CT molecular complexity index is 906. The summed E-state index contributed by atoms with van der Waals surface area (Å²) >= 11 is 5.89. The lowest BCUT2D eigenvalue weighted by Crippen LogP contribution is -2.38. The van der Waals surface area contributed by atoms with Gasteiger partial charge in [0, 0.05) is 37.0 Å². The molecule has 0 radical (unpaired) electrons. The third kappa shape index (κ3) is 4.00. The Morgan fingerprint density at radius 1 is 1.22 bits per heavy atom. The lowest BCUT2D eigenvalue weighted by Gasteiger charge is -2.26. The predicted molar refractivity (Wildman–Crippen MR) is 106 cm³/mol. The number of alkyl halides is 1. The zero-order valence-electron chi connectivity index (χ0n) is 14.9. The molecular formula is C19H22ClN5O2. The molecule has 3 aromatic rings. The molecule has 7 nitrogen and oxygen atoms in total. The average Bonchev–Trinajstić information content (AvgIpc) is 3.15.